The second kappa shape index (κ2) is 7.17. The molecule has 29 heavy (non-hydrogen) atoms. The van der Waals surface area contributed by atoms with Gasteiger partial charge in [-0.25, -0.2) is 4.68 Å². The lowest BCUT2D eigenvalue weighted by atomic mass is 9.82. The van der Waals surface area contributed by atoms with Crippen molar-refractivity contribution in [3.63, 3.8) is 0 Å². The predicted octanol–water partition coefficient (Wildman–Crippen LogP) is 2.03. The third kappa shape index (κ3) is 3.16. The van der Waals surface area contributed by atoms with E-state index in [0.717, 1.165) is 25.3 Å². The molecule has 2 saturated heterocycles. The van der Waals surface area contributed by atoms with Crippen molar-refractivity contribution in [1.82, 2.24) is 19.6 Å². The van der Waals surface area contributed by atoms with Gasteiger partial charge in [-0.15, -0.1) is 0 Å². The van der Waals surface area contributed by atoms with Crippen LogP contribution in [0.4, 0.5) is 0 Å². The number of carbonyl (C=O) groups excluding carboxylic acids is 1. The Bertz CT molecular complexity index is 985. The van der Waals surface area contributed by atoms with E-state index < -0.39 is 0 Å². The minimum Gasteiger partial charge on any atom is -0.459 e. The molecule has 3 aromatic rings. The average Bonchev–Trinajstić information content (AvgIpc) is 3.51. The minimum absolute atomic E-state index is 0.0803. The van der Waals surface area contributed by atoms with Gasteiger partial charge in [-0.2, -0.15) is 5.10 Å². The van der Waals surface area contributed by atoms with E-state index in [-0.39, 0.29) is 23.8 Å². The molecule has 0 saturated carbocycles. The van der Waals surface area contributed by atoms with E-state index in [4.69, 9.17) is 4.42 Å². The zero-order valence-corrected chi connectivity index (χ0v) is 16.1. The molecule has 2 aliphatic heterocycles. The number of para-hydroxylation sites is 1. The molecule has 4 heterocycles. The number of rotatable bonds is 5. The summed E-state index contributed by atoms with van der Waals surface area (Å²) in [6.45, 7) is 3.71. The summed E-state index contributed by atoms with van der Waals surface area (Å²) >= 11 is 0. The highest BCUT2D eigenvalue weighted by Crippen LogP contribution is 2.43. The van der Waals surface area contributed by atoms with Gasteiger partial charge in [-0.05, 0) is 35.7 Å². The van der Waals surface area contributed by atoms with Gasteiger partial charge in [0.25, 0.3) is 5.91 Å². The predicted molar refractivity (Wildman–Crippen MR) is 106 cm³/mol. The first-order valence-corrected chi connectivity index (χ1v) is 9.92. The van der Waals surface area contributed by atoms with Gasteiger partial charge in [-0.3, -0.25) is 9.69 Å². The SMILES string of the molecule is O=C(c1ccco1)N1C[C@@H]2CN(Cc3ccccc3-n3cccn3)C[C@]2(CO)C1. The number of carbonyl (C=O) groups is 1. The summed E-state index contributed by atoms with van der Waals surface area (Å²) in [6, 6.07) is 13.6. The van der Waals surface area contributed by atoms with Crippen LogP contribution in [-0.2, 0) is 6.54 Å². The van der Waals surface area contributed by atoms with Gasteiger partial charge >= 0.3 is 0 Å². The molecule has 0 spiro atoms. The Balaban J connectivity index is 1.32. The zero-order chi connectivity index (χ0) is 19.8. The van der Waals surface area contributed by atoms with Crippen molar-refractivity contribution in [2.45, 2.75) is 6.54 Å². The Morgan fingerprint density at radius 1 is 1.17 bits per heavy atom. The molecular weight excluding hydrogens is 368 g/mol. The summed E-state index contributed by atoms with van der Waals surface area (Å²) < 4.78 is 7.16. The highest BCUT2D eigenvalue weighted by molar-refractivity contribution is 5.91. The fourth-order valence-corrected chi connectivity index (χ4v) is 4.87. The number of nitrogens with zero attached hydrogens (tertiary/aromatic N) is 4. The Hall–Kier alpha value is -2.90. The van der Waals surface area contributed by atoms with Crippen molar-refractivity contribution >= 4 is 5.91 Å². The molecule has 0 radical (unpaired) electrons. The zero-order valence-electron chi connectivity index (χ0n) is 16.1. The molecule has 1 amide bonds. The van der Waals surface area contributed by atoms with Gasteiger partial charge < -0.3 is 14.4 Å². The smallest absolute Gasteiger partial charge is 0.289 e. The number of aliphatic hydroxyl groups excluding tert-OH is 1. The van der Waals surface area contributed by atoms with Crippen LogP contribution in [0.2, 0.25) is 0 Å². The van der Waals surface area contributed by atoms with E-state index in [9.17, 15) is 9.90 Å². The van der Waals surface area contributed by atoms with Crippen LogP contribution in [0.25, 0.3) is 5.69 Å². The number of amides is 1. The summed E-state index contributed by atoms with van der Waals surface area (Å²) in [5.74, 6) is 0.527. The Kier molecular flexibility index (Phi) is 4.49. The molecule has 1 N–H and O–H groups in total. The summed E-state index contributed by atoms with van der Waals surface area (Å²) in [6.07, 6.45) is 5.25. The number of fused-ring (bicyclic) bond motifs is 1. The molecule has 0 aliphatic carbocycles. The van der Waals surface area contributed by atoms with E-state index >= 15 is 0 Å². The highest BCUT2D eigenvalue weighted by Gasteiger charge is 2.53. The Labute approximate surface area is 169 Å². The molecule has 2 aliphatic rings. The number of benzene rings is 1. The molecule has 7 heteroatoms. The lowest BCUT2D eigenvalue weighted by Crippen LogP contribution is -2.38. The van der Waals surface area contributed by atoms with Crippen LogP contribution in [-0.4, -0.2) is 63.4 Å². The van der Waals surface area contributed by atoms with Crippen LogP contribution in [0, 0.1) is 11.3 Å². The van der Waals surface area contributed by atoms with E-state index in [1.807, 2.05) is 34.0 Å². The van der Waals surface area contributed by atoms with Crippen LogP contribution in [0.15, 0.2) is 65.5 Å². The maximum Gasteiger partial charge on any atom is 0.289 e. The maximum absolute atomic E-state index is 12.7. The first kappa shape index (κ1) is 18.1. The van der Waals surface area contributed by atoms with Crippen LogP contribution in [0.3, 0.4) is 0 Å². The average molecular weight is 392 g/mol. The second-order valence-electron chi connectivity index (χ2n) is 8.13. The van der Waals surface area contributed by atoms with Gasteiger partial charge in [0.15, 0.2) is 5.76 Å². The highest BCUT2D eigenvalue weighted by atomic mass is 16.3. The second-order valence-corrected chi connectivity index (χ2v) is 8.13. The van der Waals surface area contributed by atoms with Crippen molar-refractivity contribution in [1.29, 1.82) is 0 Å². The fourth-order valence-electron chi connectivity index (χ4n) is 4.87. The van der Waals surface area contributed by atoms with Crippen LogP contribution < -0.4 is 0 Å². The van der Waals surface area contributed by atoms with Crippen molar-refractivity contribution in [2.24, 2.45) is 11.3 Å². The third-order valence-electron chi connectivity index (χ3n) is 6.30. The minimum atomic E-state index is -0.275. The number of likely N-dealkylation sites (tertiary alicyclic amines) is 2. The van der Waals surface area contributed by atoms with Crippen molar-refractivity contribution in [3.8, 4) is 5.69 Å². The van der Waals surface area contributed by atoms with Gasteiger partial charge in [0.1, 0.15) is 0 Å². The van der Waals surface area contributed by atoms with Crippen LogP contribution in [0.5, 0.6) is 0 Å². The van der Waals surface area contributed by atoms with Crippen molar-refractivity contribution in [2.75, 3.05) is 32.8 Å². The van der Waals surface area contributed by atoms with Crippen LogP contribution in [0.1, 0.15) is 16.1 Å². The lowest BCUT2D eigenvalue weighted by Gasteiger charge is -2.27. The molecule has 0 unspecified atom stereocenters. The number of aliphatic hydroxyl groups is 1. The standard InChI is InChI=1S/C22H24N4O3/c27-16-22-14-24(11-17-5-1-2-6-19(17)26-9-4-8-23-26)12-18(22)13-25(15-22)21(28)20-7-3-10-29-20/h1-10,18,27H,11-16H2/t18-,22+/m0/s1. The Morgan fingerprint density at radius 2 is 2.07 bits per heavy atom. The first-order chi connectivity index (χ1) is 14.2. The largest absolute Gasteiger partial charge is 0.459 e. The van der Waals surface area contributed by atoms with E-state index in [0.29, 0.717) is 18.8 Å². The maximum atomic E-state index is 12.7. The molecule has 5 rings (SSSR count). The summed E-state index contributed by atoms with van der Waals surface area (Å²) in [7, 11) is 0. The van der Waals surface area contributed by atoms with E-state index in [1.54, 1.807) is 18.3 Å². The third-order valence-corrected chi connectivity index (χ3v) is 6.30. The number of hydrogen-bond acceptors (Lipinski definition) is 5. The summed E-state index contributed by atoms with van der Waals surface area (Å²) in [5.41, 5.74) is 2.00. The molecule has 0 bridgehead atoms. The van der Waals surface area contributed by atoms with Crippen LogP contribution >= 0.6 is 0 Å². The number of hydrogen-bond donors (Lipinski definition) is 1. The topological polar surface area (TPSA) is 74.7 Å². The molecule has 2 fully saturated rings. The van der Waals surface area contributed by atoms with Crippen molar-refractivity contribution < 1.29 is 14.3 Å². The molecule has 150 valence electrons. The Morgan fingerprint density at radius 3 is 2.79 bits per heavy atom. The monoisotopic (exact) mass is 392 g/mol. The molecule has 1 aromatic carbocycles. The van der Waals surface area contributed by atoms with Gasteiger partial charge in [-0.1, -0.05) is 18.2 Å². The molecular formula is C22H24N4O3. The quantitative estimate of drug-likeness (QED) is 0.719. The number of aromatic nitrogens is 2. The first-order valence-electron chi connectivity index (χ1n) is 9.92. The van der Waals surface area contributed by atoms with E-state index in [1.165, 1.54) is 11.8 Å². The van der Waals surface area contributed by atoms with Gasteiger partial charge in [0.05, 0.1) is 18.6 Å². The van der Waals surface area contributed by atoms with Gasteiger partial charge in [0, 0.05) is 50.5 Å². The summed E-state index contributed by atoms with van der Waals surface area (Å²) in [4.78, 5) is 16.9. The van der Waals surface area contributed by atoms with Crippen molar-refractivity contribution in [3.05, 3.63) is 72.4 Å². The fraction of sp³-hybridized carbons (Fsp3) is 0.364. The number of furan rings is 1. The summed E-state index contributed by atoms with van der Waals surface area (Å²) in [5, 5.41) is 14.6. The molecule has 2 aromatic heterocycles. The molecule has 2 atom stereocenters. The lowest BCUT2D eigenvalue weighted by molar-refractivity contribution is 0.0689. The normalized spacial score (nSPS) is 24.2. The molecule has 7 nitrogen and oxygen atoms in total. The van der Waals surface area contributed by atoms with E-state index in [2.05, 4.69) is 22.1 Å². The van der Waals surface area contributed by atoms with Gasteiger partial charge in [0.2, 0.25) is 0 Å².